The third-order valence-corrected chi connectivity index (χ3v) is 5.67. The zero-order valence-electron chi connectivity index (χ0n) is 18.1. The van der Waals surface area contributed by atoms with Gasteiger partial charge in [0.2, 0.25) is 0 Å². The van der Waals surface area contributed by atoms with Crippen LogP contribution in [0.4, 0.5) is 0 Å². The number of ether oxygens (including phenoxy) is 2. The average molecular weight is 397 g/mol. The summed E-state index contributed by atoms with van der Waals surface area (Å²) in [5, 5.41) is 0. The van der Waals surface area contributed by atoms with E-state index in [1.807, 2.05) is 24.3 Å². The predicted molar refractivity (Wildman–Crippen MR) is 120 cm³/mol. The Bertz CT molecular complexity index is 682. The highest BCUT2D eigenvalue weighted by Gasteiger charge is 2.21. The molecule has 1 heterocycles. The van der Waals surface area contributed by atoms with E-state index in [0.29, 0.717) is 0 Å². The molecule has 1 aliphatic heterocycles. The molecular weight excluding hydrogens is 360 g/mol. The summed E-state index contributed by atoms with van der Waals surface area (Å²) in [4.78, 5) is 5.13. The van der Waals surface area contributed by atoms with Gasteiger partial charge in [-0.2, -0.15) is 0 Å². The minimum atomic E-state index is 0.246. The van der Waals surface area contributed by atoms with Crippen molar-refractivity contribution in [3.8, 4) is 11.5 Å². The van der Waals surface area contributed by atoms with E-state index in [2.05, 4.69) is 47.1 Å². The molecule has 29 heavy (non-hydrogen) atoms. The van der Waals surface area contributed by atoms with Gasteiger partial charge in [0.05, 0.1) is 7.11 Å². The monoisotopic (exact) mass is 396 g/mol. The van der Waals surface area contributed by atoms with Gasteiger partial charge in [-0.25, -0.2) is 0 Å². The zero-order valence-corrected chi connectivity index (χ0v) is 18.1. The second kappa shape index (κ2) is 11.8. The summed E-state index contributed by atoms with van der Waals surface area (Å²) in [5.41, 5.74) is 1.40. The lowest BCUT2D eigenvalue weighted by atomic mass is 10.1. The van der Waals surface area contributed by atoms with E-state index < -0.39 is 0 Å². The highest BCUT2D eigenvalue weighted by Crippen LogP contribution is 2.21. The number of piperazine rings is 1. The standard InChI is InChI=1S/C25H36N2O2/c1-3-4-6-11-25(29-24-14-12-23(28-2)13-15-24)21-27-18-16-26(17-19-27)20-22-9-7-5-8-10-22/h5,7-10,12-15,25H,3-4,6,11,16-21H2,1-2H3. The maximum Gasteiger partial charge on any atom is 0.120 e. The Kier molecular flexibility index (Phi) is 8.84. The summed E-state index contributed by atoms with van der Waals surface area (Å²) < 4.78 is 11.6. The molecule has 0 bridgehead atoms. The van der Waals surface area contributed by atoms with Gasteiger partial charge in [-0.1, -0.05) is 50.1 Å². The lowest BCUT2D eigenvalue weighted by Gasteiger charge is -2.36. The van der Waals surface area contributed by atoms with Gasteiger partial charge in [0.15, 0.2) is 0 Å². The summed E-state index contributed by atoms with van der Waals surface area (Å²) in [6, 6.07) is 18.8. The van der Waals surface area contributed by atoms with Crippen molar-refractivity contribution in [3.63, 3.8) is 0 Å². The highest BCUT2D eigenvalue weighted by atomic mass is 16.5. The van der Waals surface area contributed by atoms with Crippen LogP contribution in [0.5, 0.6) is 11.5 Å². The van der Waals surface area contributed by atoms with Crippen LogP contribution in [-0.2, 0) is 6.54 Å². The smallest absolute Gasteiger partial charge is 0.120 e. The van der Waals surface area contributed by atoms with Gasteiger partial charge in [-0.05, 0) is 42.7 Å². The van der Waals surface area contributed by atoms with Crippen molar-refractivity contribution in [1.82, 2.24) is 9.80 Å². The quantitative estimate of drug-likeness (QED) is 0.508. The Labute approximate surface area is 176 Å². The van der Waals surface area contributed by atoms with E-state index in [1.165, 1.54) is 24.8 Å². The first-order chi connectivity index (χ1) is 14.3. The van der Waals surface area contributed by atoms with Gasteiger partial charge in [0.1, 0.15) is 17.6 Å². The van der Waals surface area contributed by atoms with Crippen LogP contribution in [0.1, 0.15) is 38.2 Å². The van der Waals surface area contributed by atoms with Crippen LogP contribution in [0.2, 0.25) is 0 Å². The molecule has 4 heteroatoms. The molecule has 1 atom stereocenters. The van der Waals surface area contributed by atoms with Crippen LogP contribution in [0.25, 0.3) is 0 Å². The van der Waals surface area contributed by atoms with Crippen molar-refractivity contribution in [2.75, 3.05) is 39.8 Å². The summed E-state index contributed by atoms with van der Waals surface area (Å²) in [6.07, 6.45) is 5.10. The number of benzene rings is 2. The van der Waals surface area contributed by atoms with E-state index in [4.69, 9.17) is 9.47 Å². The molecule has 0 saturated carbocycles. The number of nitrogens with zero attached hydrogens (tertiary/aromatic N) is 2. The number of methoxy groups -OCH3 is 1. The van der Waals surface area contributed by atoms with Crippen molar-refractivity contribution in [2.45, 2.75) is 45.3 Å². The average Bonchev–Trinajstić information content (AvgIpc) is 2.76. The fraction of sp³-hybridized carbons (Fsp3) is 0.520. The number of hydrogen-bond donors (Lipinski definition) is 0. The van der Waals surface area contributed by atoms with Crippen molar-refractivity contribution in [3.05, 3.63) is 60.2 Å². The van der Waals surface area contributed by atoms with Crippen molar-refractivity contribution in [2.24, 2.45) is 0 Å². The Morgan fingerprint density at radius 1 is 0.828 bits per heavy atom. The Balaban J connectivity index is 1.49. The zero-order chi connectivity index (χ0) is 20.3. The molecule has 3 rings (SSSR count). The van der Waals surface area contributed by atoms with E-state index in [0.717, 1.165) is 57.2 Å². The summed E-state index contributed by atoms with van der Waals surface area (Å²) in [5.74, 6) is 1.81. The first-order valence-corrected chi connectivity index (χ1v) is 11.1. The maximum absolute atomic E-state index is 6.37. The fourth-order valence-corrected chi connectivity index (χ4v) is 3.92. The molecule has 0 spiro atoms. The molecule has 0 aliphatic carbocycles. The first kappa shape index (κ1) is 21.7. The summed E-state index contributed by atoms with van der Waals surface area (Å²) in [7, 11) is 1.70. The van der Waals surface area contributed by atoms with Gasteiger partial charge in [0.25, 0.3) is 0 Å². The number of unbranched alkanes of at least 4 members (excludes halogenated alkanes) is 2. The van der Waals surface area contributed by atoms with Gasteiger partial charge < -0.3 is 9.47 Å². The molecule has 0 radical (unpaired) electrons. The molecule has 4 nitrogen and oxygen atoms in total. The third kappa shape index (κ3) is 7.37. The van der Waals surface area contributed by atoms with E-state index in [-0.39, 0.29) is 6.10 Å². The summed E-state index contributed by atoms with van der Waals surface area (Å²) >= 11 is 0. The Hall–Kier alpha value is -2.04. The molecule has 1 saturated heterocycles. The number of hydrogen-bond acceptors (Lipinski definition) is 4. The minimum Gasteiger partial charge on any atom is -0.497 e. The molecular formula is C25H36N2O2. The maximum atomic E-state index is 6.37. The molecule has 2 aromatic rings. The Morgan fingerprint density at radius 3 is 2.14 bits per heavy atom. The Morgan fingerprint density at radius 2 is 1.48 bits per heavy atom. The molecule has 0 N–H and O–H groups in total. The second-order valence-electron chi connectivity index (χ2n) is 7.97. The van der Waals surface area contributed by atoms with Gasteiger partial charge in [-0.15, -0.1) is 0 Å². The predicted octanol–water partition coefficient (Wildman–Crippen LogP) is 4.84. The van der Waals surface area contributed by atoms with Crippen LogP contribution in [0.3, 0.4) is 0 Å². The normalized spacial score (nSPS) is 16.5. The topological polar surface area (TPSA) is 24.9 Å². The van der Waals surface area contributed by atoms with Crippen LogP contribution >= 0.6 is 0 Å². The fourth-order valence-electron chi connectivity index (χ4n) is 3.92. The van der Waals surface area contributed by atoms with Gasteiger partial charge in [-0.3, -0.25) is 9.80 Å². The largest absolute Gasteiger partial charge is 0.497 e. The lowest BCUT2D eigenvalue weighted by molar-refractivity contribution is 0.0764. The molecule has 158 valence electrons. The van der Waals surface area contributed by atoms with Crippen LogP contribution in [-0.4, -0.2) is 55.7 Å². The first-order valence-electron chi connectivity index (χ1n) is 11.1. The van der Waals surface area contributed by atoms with Gasteiger partial charge in [0, 0.05) is 39.3 Å². The van der Waals surface area contributed by atoms with Crippen molar-refractivity contribution in [1.29, 1.82) is 0 Å². The third-order valence-electron chi connectivity index (χ3n) is 5.67. The van der Waals surface area contributed by atoms with Crippen molar-refractivity contribution < 1.29 is 9.47 Å². The van der Waals surface area contributed by atoms with Gasteiger partial charge >= 0.3 is 0 Å². The molecule has 1 aliphatic rings. The molecule has 0 amide bonds. The molecule has 1 fully saturated rings. The molecule has 2 aromatic carbocycles. The minimum absolute atomic E-state index is 0.246. The van der Waals surface area contributed by atoms with Crippen LogP contribution in [0.15, 0.2) is 54.6 Å². The SMILES string of the molecule is CCCCCC(CN1CCN(Cc2ccccc2)CC1)Oc1ccc(OC)cc1. The van der Waals surface area contributed by atoms with Crippen molar-refractivity contribution >= 4 is 0 Å². The van der Waals surface area contributed by atoms with E-state index in [9.17, 15) is 0 Å². The molecule has 1 unspecified atom stereocenters. The number of rotatable bonds is 11. The molecule has 0 aromatic heterocycles. The van der Waals surface area contributed by atoms with E-state index in [1.54, 1.807) is 7.11 Å². The summed E-state index contributed by atoms with van der Waals surface area (Å²) in [6.45, 7) is 8.79. The van der Waals surface area contributed by atoms with Crippen LogP contribution < -0.4 is 9.47 Å². The second-order valence-corrected chi connectivity index (χ2v) is 7.97. The lowest BCUT2D eigenvalue weighted by Crippen LogP contribution is -2.48. The van der Waals surface area contributed by atoms with E-state index >= 15 is 0 Å². The van der Waals surface area contributed by atoms with Crippen LogP contribution in [0, 0.1) is 0 Å². The highest BCUT2D eigenvalue weighted by molar-refractivity contribution is 5.31.